The van der Waals surface area contributed by atoms with Gasteiger partial charge in [-0.2, -0.15) is 0 Å². The zero-order valence-corrected chi connectivity index (χ0v) is 16.8. The van der Waals surface area contributed by atoms with E-state index < -0.39 is 0 Å². The first kappa shape index (κ1) is 21.0. The van der Waals surface area contributed by atoms with Crippen molar-refractivity contribution in [2.24, 2.45) is 0 Å². The number of hydrogen-bond donors (Lipinski definition) is 4. The van der Waals surface area contributed by atoms with Crippen LogP contribution < -0.4 is 20.4 Å². The molecule has 2 amide bonds. The van der Waals surface area contributed by atoms with Crippen molar-refractivity contribution < 1.29 is 23.8 Å². The molecule has 1 saturated heterocycles. The fourth-order valence-electron chi connectivity index (χ4n) is 3.63. The number of benzene rings is 2. The standard InChI is InChI=1S/C22H27FN4O2/c1-17-3-2-4-18(13-17)15-26-9-11-27(12-10-26)16-22(29)24-14-21(28)25-20-7-5-19(23)6-8-20/h2-8,13H,9-12,14-16H2,1H3,(H,24,29)(H,25,28)/p+2. The molecule has 3 rings (SSSR count). The molecular formula is C22H29FN4O2+2. The Morgan fingerprint density at radius 2 is 1.66 bits per heavy atom. The van der Waals surface area contributed by atoms with E-state index >= 15 is 0 Å². The summed E-state index contributed by atoms with van der Waals surface area (Å²) >= 11 is 0. The van der Waals surface area contributed by atoms with Crippen molar-refractivity contribution >= 4 is 17.5 Å². The van der Waals surface area contributed by atoms with E-state index in [4.69, 9.17) is 0 Å². The van der Waals surface area contributed by atoms with E-state index in [1.54, 1.807) is 4.90 Å². The summed E-state index contributed by atoms with van der Waals surface area (Å²) < 4.78 is 12.9. The molecule has 0 aliphatic carbocycles. The van der Waals surface area contributed by atoms with Crippen LogP contribution in [0, 0.1) is 12.7 Å². The van der Waals surface area contributed by atoms with Crippen LogP contribution in [0.3, 0.4) is 0 Å². The lowest BCUT2D eigenvalue weighted by Gasteiger charge is -2.29. The largest absolute Gasteiger partial charge is 0.342 e. The fraction of sp³-hybridized carbons (Fsp3) is 0.364. The number of amides is 2. The molecule has 1 fully saturated rings. The lowest BCUT2D eigenvalue weighted by molar-refractivity contribution is -1.02. The zero-order valence-electron chi connectivity index (χ0n) is 16.8. The number of carbonyl (C=O) groups is 2. The van der Waals surface area contributed by atoms with Gasteiger partial charge >= 0.3 is 0 Å². The van der Waals surface area contributed by atoms with Crippen LogP contribution >= 0.6 is 0 Å². The van der Waals surface area contributed by atoms with Gasteiger partial charge in [0.2, 0.25) is 5.91 Å². The molecule has 1 heterocycles. The Hall–Kier alpha value is -2.77. The van der Waals surface area contributed by atoms with Gasteiger partial charge in [-0.15, -0.1) is 0 Å². The number of rotatable bonds is 7. The van der Waals surface area contributed by atoms with Crippen molar-refractivity contribution in [2.75, 3.05) is 44.6 Å². The van der Waals surface area contributed by atoms with Gasteiger partial charge in [0.05, 0.1) is 6.54 Å². The molecule has 29 heavy (non-hydrogen) atoms. The molecule has 7 heteroatoms. The third kappa shape index (κ3) is 6.96. The molecule has 0 unspecified atom stereocenters. The minimum Gasteiger partial charge on any atom is -0.342 e. The molecule has 0 aromatic heterocycles. The molecule has 154 valence electrons. The smallest absolute Gasteiger partial charge is 0.275 e. The molecule has 0 spiro atoms. The van der Waals surface area contributed by atoms with Gasteiger partial charge in [-0.1, -0.05) is 29.8 Å². The second-order valence-electron chi connectivity index (χ2n) is 7.67. The van der Waals surface area contributed by atoms with Gasteiger partial charge in [0.15, 0.2) is 6.54 Å². The Morgan fingerprint density at radius 3 is 2.34 bits per heavy atom. The number of aryl methyl sites for hydroxylation is 1. The number of halogens is 1. The van der Waals surface area contributed by atoms with E-state index in [0.717, 1.165) is 32.7 Å². The zero-order chi connectivity index (χ0) is 20.6. The third-order valence-electron chi connectivity index (χ3n) is 5.19. The van der Waals surface area contributed by atoms with Crippen LogP contribution in [0.15, 0.2) is 48.5 Å². The average molecular weight is 400 g/mol. The number of quaternary nitrogens is 2. The van der Waals surface area contributed by atoms with Crippen molar-refractivity contribution in [3.05, 3.63) is 65.5 Å². The Kier molecular flexibility index (Phi) is 7.32. The topological polar surface area (TPSA) is 67.1 Å². The summed E-state index contributed by atoms with van der Waals surface area (Å²) in [7, 11) is 0. The van der Waals surface area contributed by atoms with Gasteiger partial charge in [0, 0.05) is 11.3 Å². The first-order chi connectivity index (χ1) is 14.0. The highest BCUT2D eigenvalue weighted by molar-refractivity contribution is 5.94. The summed E-state index contributed by atoms with van der Waals surface area (Å²) in [4.78, 5) is 26.8. The quantitative estimate of drug-likeness (QED) is 0.490. The molecule has 2 aromatic rings. The second-order valence-corrected chi connectivity index (χ2v) is 7.67. The molecule has 0 radical (unpaired) electrons. The number of anilines is 1. The van der Waals surface area contributed by atoms with Crippen LogP contribution in [0.2, 0.25) is 0 Å². The van der Waals surface area contributed by atoms with Crippen LogP contribution in [0.25, 0.3) is 0 Å². The van der Waals surface area contributed by atoms with Gasteiger partial charge in [-0.05, 0) is 31.2 Å². The van der Waals surface area contributed by atoms with Crippen molar-refractivity contribution in [3.63, 3.8) is 0 Å². The Balaban J connectivity index is 1.34. The SMILES string of the molecule is Cc1cccc(C[NH+]2CC[NH+](CC(=O)NCC(=O)Nc3ccc(F)cc3)CC2)c1. The number of hydrogen-bond acceptors (Lipinski definition) is 2. The third-order valence-corrected chi connectivity index (χ3v) is 5.19. The van der Waals surface area contributed by atoms with Crippen molar-refractivity contribution in [1.29, 1.82) is 0 Å². The lowest BCUT2D eigenvalue weighted by Crippen LogP contribution is -3.28. The molecule has 6 nitrogen and oxygen atoms in total. The number of nitrogens with one attached hydrogen (secondary N) is 4. The van der Waals surface area contributed by atoms with Crippen LogP contribution in [-0.4, -0.2) is 51.1 Å². The van der Waals surface area contributed by atoms with Crippen molar-refractivity contribution in [1.82, 2.24) is 5.32 Å². The first-order valence-electron chi connectivity index (χ1n) is 10.0. The van der Waals surface area contributed by atoms with Crippen LogP contribution in [0.4, 0.5) is 10.1 Å². The summed E-state index contributed by atoms with van der Waals surface area (Å²) in [6.45, 7) is 7.36. The van der Waals surface area contributed by atoms with E-state index in [-0.39, 0.29) is 24.2 Å². The summed E-state index contributed by atoms with van der Waals surface area (Å²) in [5, 5.41) is 5.30. The summed E-state index contributed by atoms with van der Waals surface area (Å²) in [5.41, 5.74) is 3.14. The van der Waals surface area contributed by atoms with Gasteiger partial charge in [-0.25, -0.2) is 4.39 Å². The van der Waals surface area contributed by atoms with Gasteiger partial charge in [0.1, 0.15) is 38.5 Å². The molecule has 0 saturated carbocycles. The Morgan fingerprint density at radius 1 is 0.966 bits per heavy atom. The molecule has 4 N–H and O–H groups in total. The van der Waals surface area contributed by atoms with E-state index in [1.807, 2.05) is 0 Å². The molecule has 2 aromatic carbocycles. The number of carbonyl (C=O) groups excluding carboxylic acids is 2. The summed E-state index contributed by atoms with van der Waals surface area (Å²) in [6.07, 6.45) is 0. The molecule has 0 atom stereocenters. The predicted octanol–water partition coefficient (Wildman–Crippen LogP) is -0.828. The van der Waals surface area contributed by atoms with Crippen LogP contribution in [-0.2, 0) is 16.1 Å². The Bertz CT molecular complexity index is 833. The Labute approximate surface area is 170 Å². The van der Waals surface area contributed by atoms with Crippen LogP contribution in [0.5, 0.6) is 0 Å². The molecule has 1 aliphatic heterocycles. The minimum absolute atomic E-state index is 0.0891. The lowest BCUT2D eigenvalue weighted by atomic mass is 10.1. The predicted molar refractivity (Wildman–Crippen MR) is 109 cm³/mol. The highest BCUT2D eigenvalue weighted by Crippen LogP contribution is 2.07. The maximum absolute atomic E-state index is 12.9. The summed E-state index contributed by atoms with van der Waals surface area (Å²) in [5.74, 6) is -0.816. The van der Waals surface area contributed by atoms with Gasteiger partial charge in [-0.3, -0.25) is 9.59 Å². The molecular weight excluding hydrogens is 371 g/mol. The highest BCUT2D eigenvalue weighted by atomic mass is 19.1. The van der Waals surface area contributed by atoms with E-state index in [2.05, 4.69) is 41.8 Å². The van der Waals surface area contributed by atoms with Crippen molar-refractivity contribution in [3.8, 4) is 0 Å². The van der Waals surface area contributed by atoms with E-state index in [9.17, 15) is 14.0 Å². The first-order valence-corrected chi connectivity index (χ1v) is 10.0. The second kappa shape index (κ2) is 10.1. The van der Waals surface area contributed by atoms with Gasteiger partial charge < -0.3 is 20.4 Å². The normalized spacial score (nSPS) is 18.8. The molecule has 0 bridgehead atoms. The molecule has 1 aliphatic rings. The van der Waals surface area contributed by atoms with Gasteiger partial charge in [0.25, 0.3) is 5.91 Å². The van der Waals surface area contributed by atoms with E-state index in [1.165, 1.54) is 40.3 Å². The van der Waals surface area contributed by atoms with E-state index in [0.29, 0.717) is 12.2 Å². The summed E-state index contributed by atoms with van der Waals surface area (Å²) in [6, 6.07) is 14.1. The highest BCUT2D eigenvalue weighted by Gasteiger charge is 2.25. The number of piperazine rings is 1. The fourth-order valence-corrected chi connectivity index (χ4v) is 3.63. The maximum atomic E-state index is 12.9. The monoisotopic (exact) mass is 400 g/mol. The average Bonchev–Trinajstić information content (AvgIpc) is 2.70. The maximum Gasteiger partial charge on any atom is 0.275 e. The van der Waals surface area contributed by atoms with Crippen molar-refractivity contribution in [2.45, 2.75) is 13.5 Å². The van der Waals surface area contributed by atoms with Crippen LogP contribution in [0.1, 0.15) is 11.1 Å². The minimum atomic E-state index is -0.361.